The van der Waals surface area contributed by atoms with Gasteiger partial charge in [-0.2, -0.15) is 0 Å². The highest BCUT2D eigenvalue weighted by Gasteiger charge is 2.66. The van der Waals surface area contributed by atoms with E-state index in [9.17, 15) is 19.2 Å². The molecule has 0 aromatic heterocycles. The number of amides is 3. The summed E-state index contributed by atoms with van der Waals surface area (Å²) in [6, 6.07) is 5.59. The number of nitrogens with zero attached hydrogens (tertiary/aromatic N) is 1. The molecule has 4 rings (SSSR count). The zero-order chi connectivity index (χ0) is 21.7. The summed E-state index contributed by atoms with van der Waals surface area (Å²) in [5.41, 5.74) is 2.62. The van der Waals surface area contributed by atoms with Crippen molar-refractivity contribution in [3.63, 3.8) is 0 Å². The summed E-state index contributed by atoms with van der Waals surface area (Å²) in [5.74, 6) is -2.44. The third-order valence-electron chi connectivity index (χ3n) is 6.39. The third-order valence-corrected chi connectivity index (χ3v) is 9.59. The van der Waals surface area contributed by atoms with Gasteiger partial charge in [-0.05, 0) is 43.7 Å². The van der Waals surface area contributed by atoms with Gasteiger partial charge in [0.05, 0.1) is 11.8 Å². The van der Waals surface area contributed by atoms with Crippen molar-refractivity contribution in [2.75, 3.05) is 18.5 Å². The molecule has 1 aromatic carbocycles. The average Bonchev–Trinajstić information content (AvgIpc) is 3.29. The molecule has 7 nitrogen and oxygen atoms in total. The summed E-state index contributed by atoms with van der Waals surface area (Å²) >= 11 is 7.25. The Morgan fingerprint density at radius 1 is 1.10 bits per heavy atom. The highest BCUT2D eigenvalue weighted by atomic mass is 79.9. The van der Waals surface area contributed by atoms with Crippen LogP contribution in [0, 0.1) is 37.5 Å². The van der Waals surface area contributed by atoms with Crippen molar-refractivity contribution in [3.8, 4) is 0 Å². The zero-order valence-electron chi connectivity index (χ0n) is 16.6. The third kappa shape index (κ3) is 3.60. The number of anilines is 1. The van der Waals surface area contributed by atoms with Crippen molar-refractivity contribution < 1.29 is 23.9 Å². The minimum atomic E-state index is -0.773. The van der Waals surface area contributed by atoms with Crippen LogP contribution in [0.1, 0.15) is 17.5 Å². The molecule has 0 radical (unpaired) electrons. The molecule has 1 aliphatic heterocycles. The molecule has 1 N–H and O–H groups in total. The number of carbonyl (C=O) groups is 4. The van der Waals surface area contributed by atoms with Crippen LogP contribution in [0.15, 0.2) is 18.2 Å². The van der Waals surface area contributed by atoms with Crippen LogP contribution < -0.4 is 5.32 Å². The molecule has 6 atom stereocenters. The summed E-state index contributed by atoms with van der Waals surface area (Å²) in [6.45, 7) is 2.89. The maximum Gasteiger partial charge on any atom is 0.326 e. The van der Waals surface area contributed by atoms with Crippen molar-refractivity contribution in [1.82, 2.24) is 4.90 Å². The van der Waals surface area contributed by atoms with Crippen LogP contribution in [0.4, 0.5) is 5.69 Å². The molecule has 0 spiro atoms. The number of imide groups is 1. The number of aryl methyl sites for hydroxylation is 2. The van der Waals surface area contributed by atoms with Gasteiger partial charge < -0.3 is 10.1 Å². The number of carbonyl (C=O) groups excluding carboxylic acids is 4. The number of fused-ring (bicyclic) bond motifs is 5. The molecule has 160 valence electrons. The highest BCUT2D eigenvalue weighted by molar-refractivity contribution is 9.12. The van der Waals surface area contributed by atoms with Crippen LogP contribution in [0.2, 0.25) is 0 Å². The molecule has 3 aliphatic rings. The second kappa shape index (κ2) is 8.07. The van der Waals surface area contributed by atoms with E-state index in [4.69, 9.17) is 4.74 Å². The van der Waals surface area contributed by atoms with Gasteiger partial charge in [-0.25, -0.2) is 0 Å². The van der Waals surface area contributed by atoms with Gasteiger partial charge >= 0.3 is 5.97 Å². The van der Waals surface area contributed by atoms with Gasteiger partial charge in [-0.1, -0.05) is 49.6 Å². The van der Waals surface area contributed by atoms with Crippen molar-refractivity contribution in [1.29, 1.82) is 0 Å². The Bertz CT molecular complexity index is 904. The molecule has 2 aliphatic carbocycles. The van der Waals surface area contributed by atoms with Crippen LogP contribution in [-0.2, 0) is 23.9 Å². The van der Waals surface area contributed by atoms with Crippen molar-refractivity contribution >= 4 is 61.2 Å². The van der Waals surface area contributed by atoms with Gasteiger partial charge in [-0.15, -0.1) is 0 Å². The standard InChI is InChI=1S/C21H22Br2N2O5/c1-9-3-4-13(10(2)5-9)24-14(26)8-30-15(27)7-25-20(28)16-11-6-12(17(16)21(25)29)19(23)18(11)22/h3-5,11-12,16-19H,6-8H2,1-2H3,(H,24,26)/t11-,12-,16-,17+,18+,19+/m1/s1. The Morgan fingerprint density at radius 3 is 2.27 bits per heavy atom. The minimum absolute atomic E-state index is 0.0883. The van der Waals surface area contributed by atoms with E-state index in [1.165, 1.54) is 0 Å². The fourth-order valence-corrected chi connectivity index (χ4v) is 6.90. The van der Waals surface area contributed by atoms with Crippen LogP contribution in [-0.4, -0.2) is 51.4 Å². The number of hydrogen-bond donors (Lipinski definition) is 1. The summed E-state index contributed by atoms with van der Waals surface area (Å²) < 4.78 is 5.02. The second-order valence-corrected chi connectivity index (χ2v) is 10.4. The molecule has 3 amide bonds. The van der Waals surface area contributed by atoms with Gasteiger partial charge in [0, 0.05) is 15.3 Å². The number of nitrogens with one attached hydrogen (secondary N) is 1. The molecule has 9 heteroatoms. The van der Waals surface area contributed by atoms with E-state index in [-0.39, 0.29) is 45.1 Å². The number of rotatable bonds is 5. The largest absolute Gasteiger partial charge is 0.454 e. The SMILES string of the molecule is Cc1ccc(NC(=O)COC(=O)CN2C(=O)[C@@H]3[C@H]4C[C@@H]([C@H](Br)[C@H]4Br)[C@@H]3C2=O)c(C)c1. The maximum atomic E-state index is 12.8. The van der Waals surface area contributed by atoms with Gasteiger partial charge in [0.25, 0.3) is 5.91 Å². The van der Waals surface area contributed by atoms with Crippen LogP contribution in [0.5, 0.6) is 0 Å². The maximum absolute atomic E-state index is 12.8. The smallest absolute Gasteiger partial charge is 0.326 e. The van der Waals surface area contributed by atoms with Gasteiger partial charge in [0.2, 0.25) is 11.8 Å². The lowest BCUT2D eigenvalue weighted by Crippen LogP contribution is -2.38. The molecule has 0 unspecified atom stereocenters. The topological polar surface area (TPSA) is 92.8 Å². The minimum Gasteiger partial charge on any atom is -0.454 e. The number of benzene rings is 1. The first-order valence-corrected chi connectivity index (χ1v) is 11.7. The normalized spacial score (nSPS) is 31.8. The summed E-state index contributed by atoms with van der Waals surface area (Å²) in [7, 11) is 0. The highest BCUT2D eigenvalue weighted by Crippen LogP contribution is 2.60. The lowest BCUT2D eigenvalue weighted by Gasteiger charge is -2.28. The van der Waals surface area contributed by atoms with E-state index in [1.54, 1.807) is 6.07 Å². The Kier molecular flexibility index (Phi) is 5.78. The van der Waals surface area contributed by atoms with E-state index in [1.807, 2.05) is 26.0 Å². The first-order chi connectivity index (χ1) is 14.2. The van der Waals surface area contributed by atoms with Gasteiger partial charge in [0.1, 0.15) is 6.54 Å². The molecule has 2 saturated carbocycles. The fraction of sp³-hybridized carbons (Fsp3) is 0.524. The number of halogens is 2. The molecular formula is C21H22Br2N2O5. The van der Waals surface area contributed by atoms with E-state index >= 15 is 0 Å². The number of likely N-dealkylation sites (tertiary alicyclic amines) is 1. The zero-order valence-corrected chi connectivity index (χ0v) is 19.7. The van der Waals surface area contributed by atoms with E-state index < -0.39 is 25.0 Å². The molecular weight excluding hydrogens is 520 g/mol. The first kappa shape index (κ1) is 21.5. The van der Waals surface area contributed by atoms with E-state index in [0.717, 1.165) is 22.4 Å². The predicted octanol–water partition coefficient (Wildman–Crippen LogP) is 2.56. The first-order valence-electron chi connectivity index (χ1n) is 9.85. The Labute approximate surface area is 191 Å². The van der Waals surface area contributed by atoms with Crippen molar-refractivity contribution in [2.24, 2.45) is 23.7 Å². The number of alkyl halides is 2. The van der Waals surface area contributed by atoms with Crippen LogP contribution in [0.25, 0.3) is 0 Å². The van der Waals surface area contributed by atoms with Gasteiger partial charge in [0.15, 0.2) is 6.61 Å². The summed E-state index contributed by atoms with van der Waals surface area (Å²) in [5, 5.41) is 2.69. The average molecular weight is 542 g/mol. The quantitative estimate of drug-likeness (QED) is 0.351. The molecule has 1 aromatic rings. The van der Waals surface area contributed by atoms with Gasteiger partial charge in [-0.3, -0.25) is 24.1 Å². The fourth-order valence-electron chi connectivity index (χ4n) is 5.03. The number of hydrogen-bond acceptors (Lipinski definition) is 5. The Morgan fingerprint density at radius 2 is 1.70 bits per heavy atom. The van der Waals surface area contributed by atoms with E-state index in [2.05, 4.69) is 37.2 Å². The summed E-state index contributed by atoms with van der Waals surface area (Å²) in [6.07, 6.45) is 0.829. The lowest BCUT2D eigenvalue weighted by molar-refractivity contribution is -0.154. The van der Waals surface area contributed by atoms with Crippen LogP contribution in [0.3, 0.4) is 0 Å². The lowest BCUT2D eigenvalue weighted by atomic mass is 9.81. The van der Waals surface area contributed by atoms with Crippen LogP contribution >= 0.6 is 31.9 Å². The molecule has 3 fully saturated rings. The summed E-state index contributed by atoms with van der Waals surface area (Å²) in [4.78, 5) is 51.2. The Balaban J connectivity index is 1.32. The molecule has 1 heterocycles. The predicted molar refractivity (Wildman–Crippen MR) is 116 cm³/mol. The number of ether oxygens (including phenoxy) is 1. The van der Waals surface area contributed by atoms with Crippen molar-refractivity contribution in [2.45, 2.75) is 29.9 Å². The molecule has 2 bridgehead atoms. The monoisotopic (exact) mass is 540 g/mol. The molecule has 1 saturated heterocycles. The van der Waals surface area contributed by atoms with E-state index in [0.29, 0.717) is 5.69 Å². The molecule has 30 heavy (non-hydrogen) atoms. The van der Waals surface area contributed by atoms with Crippen molar-refractivity contribution in [3.05, 3.63) is 29.3 Å². The number of esters is 1. The Hall–Kier alpha value is -1.74. The second-order valence-electron chi connectivity index (χ2n) is 8.29.